The van der Waals surface area contributed by atoms with E-state index in [0.29, 0.717) is 17.9 Å². The van der Waals surface area contributed by atoms with E-state index in [2.05, 4.69) is 5.32 Å². The smallest absolute Gasteiger partial charge is 0.222 e. The van der Waals surface area contributed by atoms with E-state index < -0.39 is 0 Å². The minimum atomic E-state index is 0.331. The summed E-state index contributed by atoms with van der Waals surface area (Å²) in [5, 5.41) is 3.32. The summed E-state index contributed by atoms with van der Waals surface area (Å²) in [5.41, 5.74) is 0. The number of amides is 1. The summed E-state index contributed by atoms with van der Waals surface area (Å²) in [7, 11) is 3.94. The van der Waals surface area contributed by atoms with Crippen molar-refractivity contribution in [1.29, 1.82) is 0 Å². The van der Waals surface area contributed by atoms with E-state index >= 15 is 0 Å². The Labute approximate surface area is 79.5 Å². The minimum absolute atomic E-state index is 0.331. The normalized spacial score (nSPS) is 39.4. The number of rotatable bonds is 1. The summed E-state index contributed by atoms with van der Waals surface area (Å²) in [6.07, 6.45) is 3.22. The summed E-state index contributed by atoms with van der Waals surface area (Å²) in [6.45, 7) is 0.974. The number of nitrogens with one attached hydrogen (secondary N) is 1. The van der Waals surface area contributed by atoms with Crippen LogP contribution in [0.2, 0.25) is 0 Å². The van der Waals surface area contributed by atoms with Gasteiger partial charge in [-0.1, -0.05) is 0 Å². The number of likely N-dealkylation sites (tertiary alicyclic amines) is 1. The highest BCUT2D eigenvalue weighted by atomic mass is 16.2. The lowest BCUT2D eigenvalue weighted by molar-refractivity contribution is -0.134. The summed E-state index contributed by atoms with van der Waals surface area (Å²) in [6, 6.07) is 0.648. The maximum absolute atomic E-state index is 11.4. The molecular formula is C10H18N2O. The molecule has 2 aliphatic rings. The van der Waals surface area contributed by atoms with Gasteiger partial charge in [0.1, 0.15) is 0 Å². The topological polar surface area (TPSA) is 32.3 Å². The summed E-state index contributed by atoms with van der Waals surface area (Å²) in [4.78, 5) is 13.3. The third kappa shape index (κ3) is 1.57. The third-order valence-corrected chi connectivity index (χ3v) is 3.62. The highest BCUT2D eigenvalue weighted by Crippen LogP contribution is 2.37. The molecule has 0 aromatic carbocycles. The first-order valence-corrected chi connectivity index (χ1v) is 5.12. The molecule has 3 nitrogen and oxygen atoms in total. The van der Waals surface area contributed by atoms with Gasteiger partial charge in [0, 0.05) is 26.1 Å². The van der Waals surface area contributed by atoms with Crippen LogP contribution in [-0.2, 0) is 4.79 Å². The second-order valence-electron chi connectivity index (χ2n) is 4.46. The Hall–Kier alpha value is -0.570. The van der Waals surface area contributed by atoms with Gasteiger partial charge in [-0.3, -0.25) is 4.79 Å². The zero-order chi connectivity index (χ0) is 9.42. The lowest BCUT2D eigenvalue weighted by atomic mass is 9.88. The van der Waals surface area contributed by atoms with Crippen molar-refractivity contribution in [2.45, 2.75) is 25.3 Å². The average Bonchev–Trinajstić information content (AvgIpc) is 2.48. The van der Waals surface area contributed by atoms with E-state index in [4.69, 9.17) is 0 Å². The van der Waals surface area contributed by atoms with E-state index in [-0.39, 0.29) is 0 Å². The number of hydrogen-bond donors (Lipinski definition) is 1. The molecule has 1 heterocycles. The van der Waals surface area contributed by atoms with Crippen molar-refractivity contribution in [3.8, 4) is 0 Å². The molecule has 1 amide bonds. The fraction of sp³-hybridized carbons (Fsp3) is 0.900. The van der Waals surface area contributed by atoms with Crippen molar-refractivity contribution in [3.05, 3.63) is 0 Å². The Balaban J connectivity index is 2.01. The number of nitrogens with zero attached hydrogens (tertiary/aromatic N) is 1. The molecule has 2 rings (SSSR count). The Morgan fingerprint density at radius 3 is 2.77 bits per heavy atom. The Bertz CT molecular complexity index is 217. The van der Waals surface area contributed by atoms with Gasteiger partial charge < -0.3 is 10.2 Å². The minimum Gasteiger partial charge on any atom is -0.345 e. The quantitative estimate of drug-likeness (QED) is 0.639. The molecule has 2 fully saturated rings. The molecule has 0 spiro atoms. The van der Waals surface area contributed by atoms with Gasteiger partial charge in [-0.25, -0.2) is 0 Å². The van der Waals surface area contributed by atoms with Crippen LogP contribution in [-0.4, -0.2) is 37.5 Å². The van der Waals surface area contributed by atoms with Gasteiger partial charge in [0.05, 0.1) is 0 Å². The van der Waals surface area contributed by atoms with E-state index in [1.54, 1.807) is 0 Å². The predicted molar refractivity (Wildman–Crippen MR) is 51.3 cm³/mol. The van der Waals surface area contributed by atoms with Crippen LogP contribution in [0.15, 0.2) is 0 Å². The summed E-state index contributed by atoms with van der Waals surface area (Å²) in [5.74, 6) is 1.74. The number of carbonyl (C=O) groups excluding carboxylic acids is 1. The fourth-order valence-electron chi connectivity index (χ4n) is 2.76. The van der Waals surface area contributed by atoms with Crippen LogP contribution < -0.4 is 5.32 Å². The largest absolute Gasteiger partial charge is 0.345 e. The first-order valence-electron chi connectivity index (χ1n) is 5.12. The van der Waals surface area contributed by atoms with Crippen LogP contribution in [0, 0.1) is 11.8 Å². The first kappa shape index (κ1) is 9.00. The second-order valence-corrected chi connectivity index (χ2v) is 4.46. The Morgan fingerprint density at radius 1 is 1.38 bits per heavy atom. The molecule has 0 aromatic rings. The predicted octanol–water partition coefficient (Wildman–Crippen LogP) is 0.463. The van der Waals surface area contributed by atoms with Crippen LogP contribution in [0.5, 0.6) is 0 Å². The molecule has 1 N–H and O–H groups in total. The molecule has 3 atom stereocenters. The van der Waals surface area contributed by atoms with Crippen molar-refractivity contribution in [2.24, 2.45) is 11.8 Å². The van der Waals surface area contributed by atoms with Gasteiger partial charge in [-0.15, -0.1) is 0 Å². The molecule has 13 heavy (non-hydrogen) atoms. The fourth-order valence-corrected chi connectivity index (χ4v) is 2.76. The number of hydrogen-bond acceptors (Lipinski definition) is 2. The van der Waals surface area contributed by atoms with Gasteiger partial charge in [0.2, 0.25) is 5.91 Å². The summed E-state index contributed by atoms with van der Waals surface area (Å²) < 4.78 is 0. The zero-order valence-corrected chi connectivity index (χ0v) is 8.42. The third-order valence-electron chi connectivity index (χ3n) is 3.62. The SMILES string of the molecule is CN[C@@H]1C[C@@H]2CC(=O)N(C)C[C@@H]2C1. The van der Waals surface area contributed by atoms with Gasteiger partial charge in [-0.05, 0) is 31.7 Å². The van der Waals surface area contributed by atoms with Crippen molar-refractivity contribution >= 4 is 5.91 Å². The van der Waals surface area contributed by atoms with Gasteiger partial charge >= 0.3 is 0 Å². The molecule has 1 aliphatic carbocycles. The number of carbonyl (C=O) groups is 1. The molecule has 0 radical (unpaired) electrons. The molecule has 0 aromatic heterocycles. The number of piperidine rings is 1. The second kappa shape index (κ2) is 3.29. The monoisotopic (exact) mass is 182 g/mol. The molecular weight excluding hydrogens is 164 g/mol. The maximum atomic E-state index is 11.4. The van der Waals surface area contributed by atoms with E-state index in [1.165, 1.54) is 12.8 Å². The maximum Gasteiger partial charge on any atom is 0.222 e. The Morgan fingerprint density at radius 2 is 2.08 bits per heavy atom. The molecule has 3 heteroatoms. The molecule has 0 unspecified atom stereocenters. The molecule has 1 saturated heterocycles. The van der Waals surface area contributed by atoms with Crippen LogP contribution in [0.4, 0.5) is 0 Å². The first-order chi connectivity index (χ1) is 6.20. The van der Waals surface area contributed by atoms with Gasteiger partial charge in [-0.2, -0.15) is 0 Å². The van der Waals surface area contributed by atoms with Crippen LogP contribution in [0.25, 0.3) is 0 Å². The van der Waals surface area contributed by atoms with Crippen LogP contribution >= 0.6 is 0 Å². The van der Waals surface area contributed by atoms with E-state index in [9.17, 15) is 4.79 Å². The van der Waals surface area contributed by atoms with Gasteiger partial charge in [0.15, 0.2) is 0 Å². The lowest BCUT2D eigenvalue weighted by Crippen LogP contribution is -2.39. The highest BCUT2D eigenvalue weighted by Gasteiger charge is 2.39. The molecule has 74 valence electrons. The van der Waals surface area contributed by atoms with Crippen LogP contribution in [0.1, 0.15) is 19.3 Å². The van der Waals surface area contributed by atoms with E-state index in [0.717, 1.165) is 18.9 Å². The van der Waals surface area contributed by atoms with Gasteiger partial charge in [0.25, 0.3) is 0 Å². The molecule has 1 aliphatic heterocycles. The van der Waals surface area contributed by atoms with Crippen molar-refractivity contribution in [3.63, 3.8) is 0 Å². The van der Waals surface area contributed by atoms with E-state index in [1.807, 2.05) is 19.0 Å². The highest BCUT2D eigenvalue weighted by molar-refractivity contribution is 5.77. The average molecular weight is 182 g/mol. The zero-order valence-electron chi connectivity index (χ0n) is 8.42. The lowest BCUT2D eigenvalue weighted by Gasteiger charge is -2.31. The van der Waals surface area contributed by atoms with Crippen LogP contribution in [0.3, 0.4) is 0 Å². The van der Waals surface area contributed by atoms with Crippen molar-refractivity contribution in [2.75, 3.05) is 20.6 Å². The Kier molecular flexibility index (Phi) is 2.28. The molecule has 1 saturated carbocycles. The number of fused-ring (bicyclic) bond motifs is 1. The standard InChI is InChI=1S/C10H18N2O/c1-11-9-3-7-5-10(13)12(2)6-8(7)4-9/h7-9,11H,3-6H2,1-2H3/t7-,8+,9-/m1/s1. The van der Waals surface area contributed by atoms with Crippen molar-refractivity contribution < 1.29 is 4.79 Å². The van der Waals surface area contributed by atoms with Crippen molar-refractivity contribution in [1.82, 2.24) is 10.2 Å². The molecule has 0 bridgehead atoms. The summed E-state index contributed by atoms with van der Waals surface area (Å²) >= 11 is 0.